The molecule has 0 aliphatic heterocycles. The number of rotatable bonds is 4. The first-order valence-corrected chi connectivity index (χ1v) is 8.98. The Bertz CT molecular complexity index is 1060. The van der Waals surface area contributed by atoms with Crippen molar-refractivity contribution in [1.82, 2.24) is 0 Å². The van der Waals surface area contributed by atoms with Crippen molar-refractivity contribution in [3.05, 3.63) is 120 Å². The summed E-state index contributed by atoms with van der Waals surface area (Å²) in [5.41, 5.74) is 5.55. The minimum absolute atomic E-state index is 0.315. The predicted octanol–water partition coefficient (Wildman–Crippen LogP) is 7.03. The summed E-state index contributed by atoms with van der Waals surface area (Å²) in [5, 5.41) is 0. The van der Waals surface area contributed by atoms with E-state index in [2.05, 4.69) is 36.4 Å². The van der Waals surface area contributed by atoms with Crippen molar-refractivity contribution in [1.29, 1.82) is 0 Å². The smallest absolute Gasteiger partial charge is 0.194 e. The Morgan fingerprint density at radius 3 is 1.39 bits per heavy atom. The SMILES string of the molecule is Fc1cc(-c2ccc(Cc3ccc(-c4ccccc4)cc3)cc2)cc(F)c1F. The molecule has 0 saturated carbocycles. The molecule has 3 heteroatoms. The van der Waals surface area contributed by atoms with Gasteiger partial charge in [0.2, 0.25) is 0 Å². The molecule has 4 rings (SSSR count). The molecular formula is C25H17F3. The van der Waals surface area contributed by atoms with Gasteiger partial charge in [0.15, 0.2) is 17.5 Å². The fraction of sp³-hybridized carbons (Fsp3) is 0.0400. The van der Waals surface area contributed by atoms with Gasteiger partial charge in [-0.1, -0.05) is 78.9 Å². The molecule has 0 N–H and O–H groups in total. The maximum atomic E-state index is 13.4. The Morgan fingerprint density at radius 2 is 0.893 bits per heavy atom. The van der Waals surface area contributed by atoms with Crippen molar-refractivity contribution in [3.8, 4) is 22.3 Å². The van der Waals surface area contributed by atoms with Crippen LogP contribution in [0.1, 0.15) is 11.1 Å². The van der Waals surface area contributed by atoms with Crippen LogP contribution in [0.4, 0.5) is 13.2 Å². The Labute approximate surface area is 161 Å². The standard InChI is InChI=1S/C25H17F3/c26-23-15-22(16-24(27)25(23)28)21-12-8-18(9-13-21)14-17-6-10-20(11-7-17)19-4-2-1-3-5-19/h1-13,15-16H,14H2. The van der Waals surface area contributed by atoms with Gasteiger partial charge < -0.3 is 0 Å². The van der Waals surface area contributed by atoms with Crippen molar-refractivity contribution in [2.45, 2.75) is 6.42 Å². The zero-order chi connectivity index (χ0) is 19.5. The summed E-state index contributed by atoms with van der Waals surface area (Å²) in [4.78, 5) is 0. The molecule has 0 radical (unpaired) electrons. The molecule has 4 aromatic carbocycles. The van der Waals surface area contributed by atoms with Crippen LogP contribution in [-0.2, 0) is 6.42 Å². The lowest BCUT2D eigenvalue weighted by Crippen LogP contribution is -1.92. The molecule has 0 spiro atoms. The molecule has 0 aliphatic carbocycles. The molecular weight excluding hydrogens is 357 g/mol. The Balaban J connectivity index is 1.50. The van der Waals surface area contributed by atoms with Crippen molar-refractivity contribution >= 4 is 0 Å². The van der Waals surface area contributed by atoms with Crippen molar-refractivity contribution in [3.63, 3.8) is 0 Å². The normalized spacial score (nSPS) is 10.8. The zero-order valence-electron chi connectivity index (χ0n) is 15.0. The van der Waals surface area contributed by atoms with Gasteiger partial charge in [-0.3, -0.25) is 0 Å². The monoisotopic (exact) mass is 374 g/mol. The summed E-state index contributed by atoms with van der Waals surface area (Å²) >= 11 is 0. The highest BCUT2D eigenvalue weighted by Crippen LogP contribution is 2.25. The van der Waals surface area contributed by atoms with Crippen LogP contribution >= 0.6 is 0 Å². The van der Waals surface area contributed by atoms with E-state index in [4.69, 9.17) is 0 Å². The van der Waals surface area contributed by atoms with Gasteiger partial charge in [-0.25, -0.2) is 13.2 Å². The van der Waals surface area contributed by atoms with Gasteiger partial charge in [-0.2, -0.15) is 0 Å². The molecule has 138 valence electrons. The average molecular weight is 374 g/mol. The first-order valence-electron chi connectivity index (χ1n) is 8.98. The summed E-state index contributed by atoms with van der Waals surface area (Å²) in [6.07, 6.45) is 0.751. The molecule has 0 bridgehead atoms. The Kier molecular flexibility index (Phi) is 4.98. The van der Waals surface area contributed by atoms with Crippen LogP contribution in [0, 0.1) is 17.5 Å². The van der Waals surface area contributed by atoms with E-state index in [-0.39, 0.29) is 0 Å². The van der Waals surface area contributed by atoms with Gasteiger partial charge in [-0.15, -0.1) is 0 Å². The average Bonchev–Trinajstić information content (AvgIpc) is 2.73. The number of hydrogen-bond acceptors (Lipinski definition) is 0. The van der Waals surface area contributed by atoms with Crippen LogP contribution in [0.2, 0.25) is 0 Å². The third kappa shape index (κ3) is 3.84. The van der Waals surface area contributed by atoms with E-state index in [1.165, 1.54) is 16.7 Å². The maximum Gasteiger partial charge on any atom is 0.194 e. The fourth-order valence-electron chi connectivity index (χ4n) is 3.22. The molecule has 4 aromatic rings. The third-order valence-corrected chi connectivity index (χ3v) is 4.74. The first kappa shape index (κ1) is 18.1. The lowest BCUT2D eigenvalue weighted by atomic mass is 9.98. The van der Waals surface area contributed by atoms with E-state index in [0.29, 0.717) is 11.1 Å². The zero-order valence-corrected chi connectivity index (χ0v) is 15.0. The van der Waals surface area contributed by atoms with Gasteiger partial charge in [-0.05, 0) is 51.9 Å². The minimum atomic E-state index is -1.45. The van der Waals surface area contributed by atoms with E-state index in [9.17, 15) is 13.2 Å². The molecule has 0 aromatic heterocycles. The number of halogens is 3. The first-order chi connectivity index (χ1) is 13.6. The Morgan fingerprint density at radius 1 is 0.464 bits per heavy atom. The van der Waals surface area contributed by atoms with E-state index in [1.54, 1.807) is 12.1 Å². The number of benzene rings is 4. The second-order valence-corrected chi connectivity index (χ2v) is 6.69. The molecule has 0 heterocycles. The maximum absolute atomic E-state index is 13.4. The summed E-state index contributed by atoms with van der Waals surface area (Å²) < 4.78 is 40.0. The quantitative estimate of drug-likeness (QED) is 0.336. The molecule has 0 amide bonds. The van der Waals surface area contributed by atoms with Gasteiger partial charge in [0, 0.05) is 0 Å². The molecule has 0 atom stereocenters. The fourth-order valence-corrected chi connectivity index (χ4v) is 3.22. The van der Waals surface area contributed by atoms with Crippen LogP contribution in [0.5, 0.6) is 0 Å². The summed E-state index contributed by atoms with van der Waals surface area (Å²) in [5.74, 6) is -3.81. The molecule has 0 unspecified atom stereocenters. The molecule has 0 saturated heterocycles. The van der Waals surface area contributed by atoms with Crippen LogP contribution in [0.15, 0.2) is 91.0 Å². The van der Waals surface area contributed by atoms with Crippen LogP contribution in [0.25, 0.3) is 22.3 Å². The highest BCUT2D eigenvalue weighted by molar-refractivity contribution is 5.65. The third-order valence-electron chi connectivity index (χ3n) is 4.74. The molecule has 0 fully saturated rings. The summed E-state index contributed by atoms with van der Waals surface area (Å²) in [7, 11) is 0. The predicted molar refractivity (Wildman–Crippen MR) is 106 cm³/mol. The lowest BCUT2D eigenvalue weighted by molar-refractivity contribution is 0.448. The van der Waals surface area contributed by atoms with E-state index < -0.39 is 17.5 Å². The molecule has 0 aliphatic rings. The molecule has 0 nitrogen and oxygen atoms in total. The van der Waals surface area contributed by atoms with E-state index in [1.807, 2.05) is 30.3 Å². The van der Waals surface area contributed by atoms with Gasteiger partial charge >= 0.3 is 0 Å². The van der Waals surface area contributed by atoms with Crippen LogP contribution in [-0.4, -0.2) is 0 Å². The highest BCUT2D eigenvalue weighted by Gasteiger charge is 2.11. The lowest BCUT2D eigenvalue weighted by Gasteiger charge is -2.07. The second kappa shape index (κ2) is 7.73. The van der Waals surface area contributed by atoms with E-state index in [0.717, 1.165) is 24.1 Å². The summed E-state index contributed by atoms with van der Waals surface area (Å²) in [6.45, 7) is 0. The van der Waals surface area contributed by atoms with Gasteiger partial charge in [0.1, 0.15) is 0 Å². The van der Waals surface area contributed by atoms with Crippen molar-refractivity contribution in [2.75, 3.05) is 0 Å². The summed E-state index contributed by atoms with van der Waals surface area (Å²) in [6, 6.07) is 28.0. The van der Waals surface area contributed by atoms with E-state index >= 15 is 0 Å². The minimum Gasteiger partial charge on any atom is -0.204 e. The van der Waals surface area contributed by atoms with Crippen molar-refractivity contribution in [2.24, 2.45) is 0 Å². The highest BCUT2D eigenvalue weighted by atomic mass is 19.2. The van der Waals surface area contributed by atoms with Crippen LogP contribution in [0.3, 0.4) is 0 Å². The Hall–Kier alpha value is -3.33. The van der Waals surface area contributed by atoms with Gasteiger partial charge in [0.25, 0.3) is 0 Å². The number of hydrogen-bond donors (Lipinski definition) is 0. The largest absolute Gasteiger partial charge is 0.204 e. The van der Waals surface area contributed by atoms with Crippen LogP contribution < -0.4 is 0 Å². The van der Waals surface area contributed by atoms with Gasteiger partial charge in [0.05, 0.1) is 0 Å². The second-order valence-electron chi connectivity index (χ2n) is 6.69. The topological polar surface area (TPSA) is 0 Å². The van der Waals surface area contributed by atoms with Crippen molar-refractivity contribution < 1.29 is 13.2 Å². The molecule has 28 heavy (non-hydrogen) atoms.